The molecule has 0 bridgehead atoms. The molecule has 0 amide bonds. The van der Waals surface area contributed by atoms with Crippen LogP contribution in [0.3, 0.4) is 0 Å². The van der Waals surface area contributed by atoms with Gasteiger partial charge in [0.2, 0.25) is 0 Å². The van der Waals surface area contributed by atoms with Crippen LogP contribution >= 0.6 is 23.5 Å². The van der Waals surface area contributed by atoms with Crippen molar-refractivity contribution in [2.75, 3.05) is 6.54 Å². The fourth-order valence-corrected chi connectivity index (χ4v) is 5.24. The van der Waals surface area contributed by atoms with Crippen LogP contribution in [-0.4, -0.2) is 28.0 Å². The Kier molecular flexibility index (Phi) is 7.09. The van der Waals surface area contributed by atoms with Gasteiger partial charge >= 0.3 is 5.97 Å². The Hall–Kier alpha value is -2.47. The van der Waals surface area contributed by atoms with Gasteiger partial charge in [0, 0.05) is 24.0 Å². The zero-order valence-corrected chi connectivity index (χ0v) is 19.7. The summed E-state index contributed by atoms with van der Waals surface area (Å²) >= 11 is 7.76. The molecule has 0 saturated carbocycles. The van der Waals surface area contributed by atoms with Crippen LogP contribution < -0.4 is 4.74 Å². The molecule has 3 aromatic carbocycles. The molecule has 0 spiro atoms. The van der Waals surface area contributed by atoms with Gasteiger partial charge in [0.1, 0.15) is 11.9 Å². The Labute approximate surface area is 198 Å². The molecular formula is C26H26ClNO3S. The van der Waals surface area contributed by atoms with Crippen LogP contribution in [0.25, 0.3) is 0 Å². The van der Waals surface area contributed by atoms with E-state index < -0.39 is 5.97 Å². The first kappa shape index (κ1) is 22.7. The predicted molar refractivity (Wildman–Crippen MR) is 130 cm³/mol. The third-order valence-electron chi connectivity index (χ3n) is 5.64. The lowest BCUT2D eigenvalue weighted by Gasteiger charge is -2.23. The van der Waals surface area contributed by atoms with E-state index in [1.807, 2.05) is 48.5 Å². The number of ether oxygens (including phenoxy) is 1. The lowest BCUT2D eigenvalue weighted by atomic mass is 9.87. The maximum absolute atomic E-state index is 11.6. The van der Waals surface area contributed by atoms with E-state index in [2.05, 4.69) is 36.4 Å². The van der Waals surface area contributed by atoms with Gasteiger partial charge in [-0.3, -0.25) is 4.79 Å². The van der Waals surface area contributed by atoms with Gasteiger partial charge in [-0.15, -0.1) is 0 Å². The number of carboxylic acids is 1. The molecule has 4 nitrogen and oxygen atoms in total. The molecule has 1 heterocycles. The number of halogens is 1. The topological polar surface area (TPSA) is 49.8 Å². The first-order valence-corrected chi connectivity index (χ1v) is 11.8. The quantitative estimate of drug-likeness (QED) is 0.417. The summed E-state index contributed by atoms with van der Waals surface area (Å²) in [5, 5.41) is 10.2. The van der Waals surface area contributed by atoms with E-state index >= 15 is 0 Å². The molecule has 6 heteroatoms. The summed E-state index contributed by atoms with van der Waals surface area (Å²) in [5.74, 6) is -0.135. The Morgan fingerprint density at radius 2 is 1.88 bits per heavy atom. The number of benzene rings is 3. The lowest BCUT2D eigenvalue weighted by Crippen LogP contribution is -2.27. The van der Waals surface area contributed by atoms with Gasteiger partial charge in [0.25, 0.3) is 0 Å². The molecule has 166 valence electrons. The van der Waals surface area contributed by atoms with Crippen molar-refractivity contribution in [3.8, 4) is 5.75 Å². The Balaban J connectivity index is 1.63. The maximum Gasteiger partial charge on any atom is 0.304 e. The number of aliphatic carboxylic acids is 1. The number of fused-ring (bicyclic) bond motifs is 1. The number of carboxylic acid groups (broad SMARTS) is 1. The second-order valence-electron chi connectivity index (χ2n) is 8.18. The number of hydrogen-bond donors (Lipinski definition) is 1. The van der Waals surface area contributed by atoms with E-state index in [9.17, 15) is 9.90 Å². The van der Waals surface area contributed by atoms with Crippen molar-refractivity contribution in [3.05, 3.63) is 94.0 Å². The fourth-order valence-electron chi connectivity index (χ4n) is 4.00. The number of hydrogen-bond acceptors (Lipinski definition) is 4. The van der Waals surface area contributed by atoms with Gasteiger partial charge in [-0.2, -0.15) is 0 Å². The average Bonchev–Trinajstić information content (AvgIpc) is 2.91. The minimum absolute atomic E-state index is 0.0286. The van der Waals surface area contributed by atoms with Crippen molar-refractivity contribution in [1.29, 1.82) is 0 Å². The van der Waals surface area contributed by atoms with Crippen LogP contribution in [0, 0.1) is 6.92 Å². The second kappa shape index (κ2) is 9.99. The van der Waals surface area contributed by atoms with Crippen molar-refractivity contribution in [3.63, 3.8) is 0 Å². The Bertz CT molecular complexity index is 1100. The molecule has 2 atom stereocenters. The smallest absolute Gasteiger partial charge is 0.304 e. The Morgan fingerprint density at radius 1 is 1.16 bits per heavy atom. The highest BCUT2D eigenvalue weighted by Crippen LogP contribution is 2.37. The summed E-state index contributed by atoms with van der Waals surface area (Å²) in [6.07, 6.45) is 0.101. The molecule has 1 aliphatic heterocycles. The third-order valence-corrected chi connectivity index (χ3v) is 6.96. The van der Waals surface area contributed by atoms with E-state index in [0.717, 1.165) is 34.9 Å². The summed E-state index contributed by atoms with van der Waals surface area (Å²) in [6.45, 7) is 5.72. The highest BCUT2D eigenvalue weighted by Gasteiger charge is 2.23. The standard InChI is InChI=1S/C26H26ClNO3S/c1-17-7-8-20(23(14-26(29)30)19-9-11-22(27)12-10-19)13-21(17)16-28-15-18(2)31-24-5-3-4-6-25(24)32-28/h3-13,18,23H,14-16H2,1-2H3,(H,29,30). The molecule has 1 aliphatic rings. The van der Waals surface area contributed by atoms with Crippen molar-refractivity contribution in [1.82, 2.24) is 4.31 Å². The zero-order valence-electron chi connectivity index (χ0n) is 18.1. The van der Waals surface area contributed by atoms with E-state index in [1.54, 1.807) is 11.9 Å². The first-order chi connectivity index (χ1) is 15.4. The number of rotatable bonds is 6. The second-order valence-corrected chi connectivity index (χ2v) is 9.75. The summed E-state index contributed by atoms with van der Waals surface area (Å²) in [4.78, 5) is 12.7. The van der Waals surface area contributed by atoms with Gasteiger partial charge in [-0.05, 0) is 72.3 Å². The van der Waals surface area contributed by atoms with Crippen LogP contribution in [0.15, 0.2) is 71.6 Å². The average molecular weight is 468 g/mol. The van der Waals surface area contributed by atoms with Crippen molar-refractivity contribution in [2.24, 2.45) is 0 Å². The highest BCUT2D eigenvalue weighted by molar-refractivity contribution is 7.97. The van der Waals surface area contributed by atoms with Crippen molar-refractivity contribution in [2.45, 2.75) is 43.7 Å². The van der Waals surface area contributed by atoms with Gasteiger partial charge in [-0.25, -0.2) is 4.31 Å². The number of carbonyl (C=O) groups is 1. The monoisotopic (exact) mass is 467 g/mol. The van der Waals surface area contributed by atoms with Crippen molar-refractivity contribution >= 4 is 29.5 Å². The van der Waals surface area contributed by atoms with Gasteiger partial charge in [-0.1, -0.05) is 54.1 Å². The first-order valence-electron chi connectivity index (χ1n) is 10.6. The number of nitrogens with zero attached hydrogens (tertiary/aromatic N) is 1. The molecule has 2 unspecified atom stereocenters. The highest BCUT2D eigenvalue weighted by atomic mass is 35.5. The van der Waals surface area contributed by atoms with Crippen LogP contribution in [-0.2, 0) is 11.3 Å². The summed E-state index contributed by atoms with van der Waals surface area (Å²) < 4.78 is 8.41. The normalized spacial score (nSPS) is 17.2. The van der Waals surface area contributed by atoms with Crippen LogP contribution in [0.5, 0.6) is 5.75 Å². The third kappa shape index (κ3) is 5.47. The molecule has 0 aliphatic carbocycles. The minimum atomic E-state index is -0.822. The summed E-state index contributed by atoms with van der Waals surface area (Å²) in [6, 6.07) is 21.8. The molecule has 0 aromatic heterocycles. The van der Waals surface area contributed by atoms with Crippen LogP contribution in [0.1, 0.15) is 41.5 Å². The lowest BCUT2D eigenvalue weighted by molar-refractivity contribution is -0.137. The van der Waals surface area contributed by atoms with Gasteiger partial charge in [0.15, 0.2) is 0 Å². The Morgan fingerprint density at radius 3 is 2.62 bits per heavy atom. The minimum Gasteiger partial charge on any atom is -0.488 e. The number of para-hydroxylation sites is 1. The van der Waals surface area contributed by atoms with E-state index in [-0.39, 0.29) is 18.4 Å². The van der Waals surface area contributed by atoms with Crippen LogP contribution in [0.4, 0.5) is 0 Å². The van der Waals surface area contributed by atoms with Gasteiger partial charge < -0.3 is 9.84 Å². The SMILES string of the molecule is Cc1ccc(C(CC(=O)O)c2ccc(Cl)cc2)cc1CN1CC(C)Oc2ccccc2S1. The molecule has 0 radical (unpaired) electrons. The number of aryl methyl sites for hydroxylation is 1. The van der Waals surface area contributed by atoms with Crippen LogP contribution in [0.2, 0.25) is 5.02 Å². The van der Waals surface area contributed by atoms with E-state index in [0.29, 0.717) is 5.02 Å². The molecule has 3 aromatic rings. The maximum atomic E-state index is 11.6. The predicted octanol–water partition coefficient (Wildman–Crippen LogP) is 6.55. The molecule has 32 heavy (non-hydrogen) atoms. The molecular weight excluding hydrogens is 442 g/mol. The van der Waals surface area contributed by atoms with Crippen molar-refractivity contribution < 1.29 is 14.6 Å². The van der Waals surface area contributed by atoms with Gasteiger partial charge in [0.05, 0.1) is 11.3 Å². The zero-order chi connectivity index (χ0) is 22.7. The summed E-state index contributed by atoms with van der Waals surface area (Å²) in [7, 11) is 0. The fraction of sp³-hybridized carbons (Fsp3) is 0.269. The molecule has 0 fully saturated rings. The summed E-state index contributed by atoms with van der Waals surface area (Å²) in [5.41, 5.74) is 4.32. The molecule has 4 rings (SSSR count). The molecule has 1 N–H and O–H groups in total. The van der Waals surface area contributed by atoms with E-state index in [1.165, 1.54) is 11.1 Å². The van der Waals surface area contributed by atoms with E-state index in [4.69, 9.17) is 16.3 Å². The molecule has 0 saturated heterocycles. The largest absolute Gasteiger partial charge is 0.488 e.